The van der Waals surface area contributed by atoms with Gasteiger partial charge in [0, 0.05) is 6.04 Å². The lowest BCUT2D eigenvalue weighted by Gasteiger charge is -2.42. The first kappa shape index (κ1) is 10.8. The molecule has 0 aromatic heterocycles. The topological polar surface area (TPSA) is 33.5 Å². The van der Waals surface area contributed by atoms with E-state index in [9.17, 15) is 4.79 Å². The van der Waals surface area contributed by atoms with Gasteiger partial charge in [-0.2, -0.15) is 0 Å². The molecule has 3 aliphatic carbocycles. The maximum Gasteiger partial charge on any atom is 0.305 e. The van der Waals surface area contributed by atoms with Gasteiger partial charge < -0.3 is 10.2 Å². The molecule has 3 heteroatoms. The smallest absolute Gasteiger partial charge is 0.305 e. The number of nitrogens with one attached hydrogen (secondary N) is 1. The summed E-state index contributed by atoms with van der Waals surface area (Å²) in [7, 11) is 0. The van der Waals surface area contributed by atoms with Crippen molar-refractivity contribution in [1.29, 1.82) is 0 Å². The van der Waals surface area contributed by atoms with E-state index in [1.54, 1.807) is 0 Å². The first-order valence-electron chi connectivity index (χ1n) is 7.48. The molecule has 1 N–H and O–H groups in total. The molecular formula is C15H20N2O. The number of nitrogens with zero attached hydrogens (tertiary/aromatic N) is 1. The van der Waals surface area contributed by atoms with Gasteiger partial charge in [0.25, 0.3) is 0 Å². The van der Waals surface area contributed by atoms with Crippen LogP contribution in [-0.4, -0.2) is 18.0 Å². The van der Waals surface area contributed by atoms with Crippen LogP contribution in [-0.2, 0) is 4.79 Å². The van der Waals surface area contributed by atoms with Crippen molar-refractivity contribution in [3.8, 4) is 0 Å². The van der Waals surface area contributed by atoms with Gasteiger partial charge in [-0.1, -0.05) is 25.7 Å². The summed E-state index contributed by atoms with van der Waals surface area (Å²) in [6.45, 7) is 7.34. The van der Waals surface area contributed by atoms with E-state index >= 15 is 0 Å². The van der Waals surface area contributed by atoms with Crippen molar-refractivity contribution < 1.29 is 4.79 Å². The van der Waals surface area contributed by atoms with Crippen LogP contribution >= 0.6 is 0 Å². The lowest BCUT2D eigenvalue weighted by Crippen LogP contribution is -2.40. The normalized spacial score (nSPS) is 53.3. The van der Waals surface area contributed by atoms with Crippen LogP contribution < -0.4 is 5.32 Å². The maximum absolute atomic E-state index is 11.9. The van der Waals surface area contributed by atoms with E-state index in [1.807, 2.05) is 0 Å². The van der Waals surface area contributed by atoms with Crippen molar-refractivity contribution in [1.82, 2.24) is 5.32 Å². The fourth-order valence-corrected chi connectivity index (χ4v) is 5.79. The lowest BCUT2D eigenvalue weighted by atomic mass is 9.63. The largest absolute Gasteiger partial charge is 0.346 e. The Labute approximate surface area is 108 Å². The molecule has 0 radical (unpaired) electrons. The van der Waals surface area contributed by atoms with Crippen molar-refractivity contribution >= 4 is 5.91 Å². The summed E-state index contributed by atoms with van der Waals surface area (Å²) < 4.78 is 0. The van der Waals surface area contributed by atoms with Crippen molar-refractivity contribution in [2.75, 3.05) is 0 Å². The van der Waals surface area contributed by atoms with Gasteiger partial charge in [0.2, 0.25) is 0 Å². The number of hydrogen-bond acceptors (Lipinski definition) is 1. The molecule has 18 heavy (non-hydrogen) atoms. The number of rotatable bonds is 0. The standard InChI is InChI=1S/C15H20N2O/c1-16-14-12-9-6-2-4-8-5-3-7-10(11(8)9)13(12)17-15(14)18/h8-14H,2-7H2,(H,17,18). The van der Waals surface area contributed by atoms with E-state index in [2.05, 4.69) is 10.2 Å². The Kier molecular flexibility index (Phi) is 2.24. The molecule has 0 bridgehead atoms. The Hall–Kier alpha value is -1.04. The fourth-order valence-electron chi connectivity index (χ4n) is 5.79. The summed E-state index contributed by atoms with van der Waals surface area (Å²) in [5, 5.41) is 3.18. The molecule has 4 rings (SSSR count). The maximum atomic E-state index is 11.9. The molecule has 1 amide bonds. The van der Waals surface area contributed by atoms with E-state index in [-0.39, 0.29) is 11.9 Å². The van der Waals surface area contributed by atoms with Gasteiger partial charge in [-0.25, -0.2) is 6.57 Å². The predicted molar refractivity (Wildman–Crippen MR) is 67.5 cm³/mol. The van der Waals surface area contributed by atoms with Gasteiger partial charge in [-0.3, -0.25) is 4.79 Å². The molecule has 4 aliphatic rings. The van der Waals surface area contributed by atoms with Crippen LogP contribution in [0.15, 0.2) is 0 Å². The van der Waals surface area contributed by atoms with Crippen LogP contribution in [0, 0.1) is 36.2 Å². The van der Waals surface area contributed by atoms with Gasteiger partial charge in [-0.15, -0.1) is 0 Å². The molecule has 3 nitrogen and oxygen atoms in total. The van der Waals surface area contributed by atoms with Crippen molar-refractivity contribution in [3.05, 3.63) is 11.4 Å². The number of amides is 1. The average molecular weight is 244 g/mol. The zero-order valence-corrected chi connectivity index (χ0v) is 10.6. The van der Waals surface area contributed by atoms with Crippen LogP contribution in [0.5, 0.6) is 0 Å². The van der Waals surface area contributed by atoms with Crippen LogP contribution in [0.1, 0.15) is 38.5 Å². The Morgan fingerprint density at radius 2 is 1.78 bits per heavy atom. The second-order valence-corrected chi connectivity index (χ2v) is 6.71. The Bertz CT molecular complexity index is 425. The van der Waals surface area contributed by atoms with E-state index in [0.717, 1.165) is 11.8 Å². The molecule has 3 saturated carbocycles. The summed E-state index contributed by atoms with van der Waals surface area (Å²) in [5.74, 6) is 3.44. The fraction of sp³-hybridized carbons (Fsp3) is 0.867. The molecule has 4 fully saturated rings. The second kappa shape index (κ2) is 3.73. The molecular weight excluding hydrogens is 224 g/mol. The number of carbonyl (C=O) groups is 1. The van der Waals surface area contributed by atoms with E-state index in [4.69, 9.17) is 6.57 Å². The third-order valence-corrected chi connectivity index (χ3v) is 6.21. The summed E-state index contributed by atoms with van der Waals surface area (Å²) in [4.78, 5) is 15.6. The minimum atomic E-state index is -0.371. The number of fused-ring (bicyclic) bond motifs is 3. The first-order chi connectivity index (χ1) is 8.81. The quantitative estimate of drug-likeness (QED) is 0.651. The molecule has 0 spiro atoms. The molecule has 1 heterocycles. The Morgan fingerprint density at radius 3 is 2.50 bits per heavy atom. The molecule has 7 unspecified atom stereocenters. The second-order valence-electron chi connectivity index (χ2n) is 6.71. The summed E-state index contributed by atoms with van der Waals surface area (Å²) in [6.07, 6.45) is 7.99. The highest BCUT2D eigenvalue weighted by Gasteiger charge is 2.64. The van der Waals surface area contributed by atoms with Gasteiger partial charge in [0.1, 0.15) is 0 Å². The molecule has 0 aromatic carbocycles. The molecule has 1 aliphatic heterocycles. The minimum absolute atomic E-state index is 0.0196. The highest BCUT2D eigenvalue weighted by atomic mass is 16.2. The SMILES string of the molecule is [C-]#[N+]C1C(=O)NC2C3CCCC4CCCC(C43)C12. The van der Waals surface area contributed by atoms with Crippen LogP contribution in [0.25, 0.3) is 4.85 Å². The first-order valence-corrected chi connectivity index (χ1v) is 7.48. The molecule has 96 valence electrons. The zero-order valence-electron chi connectivity index (χ0n) is 10.6. The Balaban J connectivity index is 1.73. The number of hydrogen-bond donors (Lipinski definition) is 1. The van der Waals surface area contributed by atoms with Crippen molar-refractivity contribution in [3.63, 3.8) is 0 Å². The molecule has 0 aromatic rings. The number of carbonyl (C=O) groups excluding carboxylic acids is 1. The highest BCUT2D eigenvalue weighted by molar-refractivity contribution is 5.87. The molecule has 1 saturated heterocycles. The third-order valence-electron chi connectivity index (χ3n) is 6.21. The average Bonchev–Trinajstić information content (AvgIpc) is 2.87. The monoisotopic (exact) mass is 244 g/mol. The Morgan fingerprint density at radius 1 is 1.06 bits per heavy atom. The van der Waals surface area contributed by atoms with E-state index in [1.165, 1.54) is 38.5 Å². The van der Waals surface area contributed by atoms with Crippen LogP contribution in [0.3, 0.4) is 0 Å². The van der Waals surface area contributed by atoms with Crippen molar-refractivity contribution in [2.24, 2.45) is 29.6 Å². The molecule has 7 atom stereocenters. The summed E-state index contributed by atoms with van der Waals surface area (Å²) in [5.41, 5.74) is 0. The lowest BCUT2D eigenvalue weighted by molar-refractivity contribution is -0.120. The predicted octanol–water partition coefficient (Wildman–Crippen LogP) is 2.24. The van der Waals surface area contributed by atoms with Gasteiger partial charge in [0.05, 0.1) is 5.92 Å². The van der Waals surface area contributed by atoms with E-state index < -0.39 is 0 Å². The van der Waals surface area contributed by atoms with Gasteiger partial charge in [-0.05, 0) is 36.5 Å². The minimum Gasteiger partial charge on any atom is -0.346 e. The van der Waals surface area contributed by atoms with Crippen LogP contribution in [0.2, 0.25) is 0 Å². The van der Waals surface area contributed by atoms with E-state index in [0.29, 0.717) is 23.8 Å². The van der Waals surface area contributed by atoms with Crippen molar-refractivity contribution in [2.45, 2.75) is 50.6 Å². The third kappa shape index (κ3) is 1.22. The zero-order chi connectivity index (χ0) is 12.3. The highest BCUT2D eigenvalue weighted by Crippen LogP contribution is 2.59. The summed E-state index contributed by atoms with van der Waals surface area (Å²) in [6, 6.07) is -0.0307. The van der Waals surface area contributed by atoms with Crippen LogP contribution in [0.4, 0.5) is 0 Å². The summed E-state index contributed by atoms with van der Waals surface area (Å²) >= 11 is 0. The van der Waals surface area contributed by atoms with Gasteiger partial charge in [0.15, 0.2) is 0 Å². The van der Waals surface area contributed by atoms with Gasteiger partial charge >= 0.3 is 11.9 Å².